The van der Waals surface area contributed by atoms with Crippen molar-refractivity contribution in [3.8, 4) is 0 Å². The lowest BCUT2D eigenvalue weighted by Crippen LogP contribution is -2.45. The number of aryl methyl sites for hydroxylation is 2. The number of halogens is 1. The van der Waals surface area contributed by atoms with Gasteiger partial charge in [-0.2, -0.15) is 4.31 Å². The van der Waals surface area contributed by atoms with Gasteiger partial charge in [-0.25, -0.2) is 17.7 Å². The smallest absolute Gasteiger partial charge is 0.252 e. The Labute approximate surface area is 224 Å². The highest BCUT2D eigenvalue weighted by atomic mass is 32.2. The Kier molecular flexibility index (Phi) is 7.59. The Morgan fingerprint density at radius 3 is 2.00 bits per heavy atom. The second kappa shape index (κ2) is 10.4. The van der Waals surface area contributed by atoms with Crippen LogP contribution in [0.1, 0.15) is 59.6 Å². The van der Waals surface area contributed by atoms with E-state index in [1.54, 1.807) is 26.0 Å². The summed E-state index contributed by atoms with van der Waals surface area (Å²) in [6.45, 7) is 11.1. The van der Waals surface area contributed by atoms with Crippen LogP contribution in [0, 0.1) is 33.5 Å². The van der Waals surface area contributed by atoms with E-state index in [9.17, 15) is 22.4 Å². The third kappa shape index (κ3) is 5.02. The first-order chi connectivity index (χ1) is 17.8. The normalized spacial score (nSPS) is 16.2. The largest absolute Gasteiger partial charge is 0.274 e. The van der Waals surface area contributed by atoms with E-state index in [4.69, 9.17) is 0 Å². The van der Waals surface area contributed by atoms with Crippen LogP contribution >= 0.6 is 0 Å². The molecule has 1 atom stereocenters. The average molecular weight is 537 g/mol. The highest BCUT2D eigenvalue weighted by molar-refractivity contribution is 7.89. The minimum atomic E-state index is -4.24. The summed E-state index contributed by atoms with van der Waals surface area (Å²) in [5, 5.41) is 0. The molecule has 0 bridgehead atoms. The van der Waals surface area contributed by atoms with E-state index in [-0.39, 0.29) is 23.8 Å². The van der Waals surface area contributed by atoms with Gasteiger partial charge >= 0.3 is 0 Å². The molecule has 3 aromatic rings. The van der Waals surface area contributed by atoms with E-state index in [1.807, 2.05) is 45.9 Å². The molecule has 0 aliphatic carbocycles. The maximum atomic E-state index is 14.3. The number of imide groups is 1. The number of sulfonamides is 1. The molecular formula is C30H33FN2O4S. The fraction of sp³-hybridized carbons (Fsp3) is 0.333. The molecule has 0 radical (unpaired) electrons. The fourth-order valence-electron chi connectivity index (χ4n) is 4.94. The Hall–Kier alpha value is -3.36. The van der Waals surface area contributed by atoms with Crippen molar-refractivity contribution in [1.29, 1.82) is 0 Å². The highest BCUT2D eigenvalue weighted by Crippen LogP contribution is 2.35. The molecule has 6 nitrogen and oxygen atoms in total. The summed E-state index contributed by atoms with van der Waals surface area (Å²) in [6.07, 6.45) is -0.284. The van der Waals surface area contributed by atoms with Gasteiger partial charge < -0.3 is 0 Å². The number of anilines is 1. The minimum absolute atomic E-state index is 0.136. The predicted molar refractivity (Wildman–Crippen MR) is 146 cm³/mol. The molecule has 8 heteroatoms. The Balaban J connectivity index is 1.81. The van der Waals surface area contributed by atoms with Gasteiger partial charge in [-0.05, 0) is 91.3 Å². The van der Waals surface area contributed by atoms with Crippen molar-refractivity contribution in [3.63, 3.8) is 0 Å². The highest BCUT2D eigenvalue weighted by Gasteiger charge is 2.47. The lowest BCUT2D eigenvalue weighted by atomic mass is 10.0. The molecule has 38 heavy (non-hydrogen) atoms. The molecule has 1 unspecified atom stereocenters. The lowest BCUT2D eigenvalue weighted by molar-refractivity contribution is -0.122. The number of carbonyl (C=O) groups excluding carboxylic acids is 2. The van der Waals surface area contributed by atoms with Crippen molar-refractivity contribution >= 4 is 27.5 Å². The number of rotatable bonds is 7. The maximum absolute atomic E-state index is 14.3. The third-order valence-electron chi connectivity index (χ3n) is 7.40. The van der Waals surface area contributed by atoms with E-state index >= 15 is 0 Å². The minimum Gasteiger partial charge on any atom is -0.274 e. The summed E-state index contributed by atoms with van der Waals surface area (Å²) in [6, 6.07) is 13.3. The average Bonchev–Trinajstić information content (AvgIpc) is 3.15. The molecule has 3 aromatic carbocycles. The van der Waals surface area contributed by atoms with Crippen LogP contribution in [0.25, 0.3) is 0 Å². The second-order valence-corrected chi connectivity index (χ2v) is 12.1. The van der Waals surface area contributed by atoms with Crippen molar-refractivity contribution in [3.05, 3.63) is 93.8 Å². The summed E-state index contributed by atoms with van der Waals surface area (Å²) < 4.78 is 43.4. The Morgan fingerprint density at radius 1 is 0.921 bits per heavy atom. The molecule has 1 heterocycles. The first-order valence-corrected chi connectivity index (χ1v) is 14.1. The summed E-state index contributed by atoms with van der Waals surface area (Å²) in [4.78, 5) is 28.1. The SMILES string of the molecule is Cc1cc(C)c(C)c(S(=O)(=O)N(Cc2ccc(F)cc2)C2CC(=O)N(c3ccc(C(C)C)cc3)C2=O)c1C. The van der Waals surface area contributed by atoms with E-state index in [0.717, 1.165) is 25.9 Å². The Bertz CT molecular complexity index is 1470. The first-order valence-electron chi connectivity index (χ1n) is 12.6. The number of benzene rings is 3. The van der Waals surface area contributed by atoms with E-state index < -0.39 is 33.7 Å². The molecule has 1 fully saturated rings. The van der Waals surface area contributed by atoms with Crippen LogP contribution in [-0.4, -0.2) is 30.6 Å². The van der Waals surface area contributed by atoms with Crippen molar-refractivity contribution in [2.75, 3.05) is 4.90 Å². The van der Waals surface area contributed by atoms with Crippen LogP contribution in [0.4, 0.5) is 10.1 Å². The van der Waals surface area contributed by atoms with Crippen LogP contribution in [-0.2, 0) is 26.2 Å². The molecule has 2 amide bonds. The predicted octanol–water partition coefficient (Wildman–Crippen LogP) is 5.71. The van der Waals surface area contributed by atoms with Gasteiger partial charge in [-0.1, -0.05) is 44.2 Å². The van der Waals surface area contributed by atoms with Gasteiger partial charge in [-0.15, -0.1) is 0 Å². The molecule has 1 aliphatic heterocycles. The molecule has 200 valence electrons. The topological polar surface area (TPSA) is 74.8 Å². The van der Waals surface area contributed by atoms with Crippen LogP contribution in [0.2, 0.25) is 0 Å². The standard InChI is InChI=1S/C30H33FN2O4S/c1-18(2)24-9-13-26(14-10-24)33-28(34)16-27(30(33)35)32(17-23-7-11-25(31)12-8-23)38(36,37)29-21(5)19(3)15-20(4)22(29)6/h7-15,18,27H,16-17H2,1-6H3. The van der Waals surface area contributed by atoms with Crippen LogP contribution in [0.3, 0.4) is 0 Å². The van der Waals surface area contributed by atoms with Gasteiger partial charge in [-0.3, -0.25) is 9.59 Å². The molecular weight excluding hydrogens is 503 g/mol. The summed E-state index contributed by atoms with van der Waals surface area (Å²) in [5.74, 6) is -1.24. The summed E-state index contributed by atoms with van der Waals surface area (Å²) >= 11 is 0. The fourth-order valence-corrected chi connectivity index (χ4v) is 7.09. The zero-order valence-electron chi connectivity index (χ0n) is 22.6. The van der Waals surface area contributed by atoms with Gasteiger partial charge in [0, 0.05) is 6.54 Å². The summed E-state index contributed by atoms with van der Waals surface area (Å²) in [7, 11) is -4.24. The van der Waals surface area contributed by atoms with Gasteiger partial charge in [0.1, 0.15) is 11.9 Å². The molecule has 4 rings (SSSR count). The molecule has 0 aromatic heterocycles. The van der Waals surface area contributed by atoms with Crippen molar-refractivity contribution in [2.45, 2.75) is 71.4 Å². The van der Waals surface area contributed by atoms with Crippen LogP contribution in [0.15, 0.2) is 59.5 Å². The Morgan fingerprint density at radius 2 is 1.47 bits per heavy atom. The number of hydrogen-bond donors (Lipinski definition) is 0. The third-order valence-corrected chi connectivity index (χ3v) is 9.53. The van der Waals surface area contributed by atoms with E-state index in [0.29, 0.717) is 22.4 Å². The zero-order chi connectivity index (χ0) is 27.9. The number of nitrogens with zero attached hydrogens (tertiary/aromatic N) is 2. The molecule has 0 N–H and O–H groups in total. The van der Waals surface area contributed by atoms with Crippen molar-refractivity contribution < 1.29 is 22.4 Å². The molecule has 0 saturated carbocycles. The van der Waals surface area contributed by atoms with Crippen molar-refractivity contribution in [2.24, 2.45) is 0 Å². The molecule has 1 aliphatic rings. The van der Waals surface area contributed by atoms with Gasteiger partial charge in [0.25, 0.3) is 5.91 Å². The first kappa shape index (κ1) is 27.7. The van der Waals surface area contributed by atoms with E-state index in [2.05, 4.69) is 0 Å². The monoisotopic (exact) mass is 536 g/mol. The summed E-state index contributed by atoms with van der Waals surface area (Å²) in [5.41, 5.74) is 4.79. The number of carbonyl (C=O) groups is 2. The zero-order valence-corrected chi connectivity index (χ0v) is 23.4. The molecule has 0 spiro atoms. The number of amides is 2. The van der Waals surface area contributed by atoms with E-state index in [1.165, 1.54) is 24.3 Å². The van der Waals surface area contributed by atoms with Gasteiger partial charge in [0.2, 0.25) is 15.9 Å². The van der Waals surface area contributed by atoms with Crippen LogP contribution < -0.4 is 4.90 Å². The second-order valence-electron chi connectivity index (χ2n) is 10.3. The maximum Gasteiger partial charge on any atom is 0.252 e. The lowest BCUT2D eigenvalue weighted by Gasteiger charge is -2.29. The van der Waals surface area contributed by atoms with Gasteiger partial charge in [0.05, 0.1) is 17.0 Å². The van der Waals surface area contributed by atoms with Crippen molar-refractivity contribution in [1.82, 2.24) is 4.31 Å². The van der Waals surface area contributed by atoms with Gasteiger partial charge in [0.15, 0.2) is 0 Å². The molecule has 1 saturated heterocycles. The quantitative estimate of drug-likeness (QED) is 0.363. The number of hydrogen-bond acceptors (Lipinski definition) is 4. The van der Waals surface area contributed by atoms with Crippen LogP contribution in [0.5, 0.6) is 0 Å².